The number of carbonyl (C=O) groups excluding carboxylic acids is 5. The minimum atomic E-state index is -4.64. The molecule has 2 saturated heterocycles. The molecule has 0 aliphatic carbocycles. The molecule has 73 heavy (non-hydrogen) atoms. The van der Waals surface area contributed by atoms with E-state index in [2.05, 4.69) is 35.1 Å². The number of phosphoric acid groups is 1. The van der Waals surface area contributed by atoms with Crippen molar-refractivity contribution < 1.29 is 61.9 Å². The van der Waals surface area contributed by atoms with Crippen LogP contribution < -0.4 is 21.3 Å². The van der Waals surface area contributed by atoms with E-state index < -0.39 is 43.2 Å². The van der Waals surface area contributed by atoms with Crippen LogP contribution in [-0.2, 0) is 47.1 Å². The molecule has 2 heterocycles. The highest BCUT2D eigenvalue weighted by Gasteiger charge is 2.57. The quantitative estimate of drug-likeness (QED) is 0.0144. The van der Waals surface area contributed by atoms with Gasteiger partial charge in [0.25, 0.3) is 0 Å². The lowest BCUT2D eigenvalue weighted by Gasteiger charge is -2.32. The lowest BCUT2D eigenvalue weighted by atomic mass is 9.88. The molecular formula is C54H99N4O13PS. The van der Waals surface area contributed by atoms with Gasteiger partial charge in [0.15, 0.2) is 6.10 Å². The summed E-state index contributed by atoms with van der Waals surface area (Å²) >= 11 is 1.48. The van der Waals surface area contributed by atoms with Gasteiger partial charge in [-0.1, -0.05) is 181 Å². The zero-order chi connectivity index (χ0) is 53.3. The van der Waals surface area contributed by atoms with Crippen molar-refractivity contribution in [3.05, 3.63) is 0 Å². The predicted molar refractivity (Wildman–Crippen MR) is 288 cm³/mol. The van der Waals surface area contributed by atoms with Crippen molar-refractivity contribution in [2.75, 3.05) is 38.7 Å². The largest absolute Gasteiger partial charge is 0.481 e. The van der Waals surface area contributed by atoms with Crippen molar-refractivity contribution in [2.24, 2.45) is 0 Å². The molecule has 0 radical (unpaired) electrons. The van der Waals surface area contributed by atoms with Crippen LogP contribution in [-0.4, -0.2) is 107 Å². The van der Waals surface area contributed by atoms with Gasteiger partial charge >= 0.3 is 31.8 Å². The van der Waals surface area contributed by atoms with Crippen molar-refractivity contribution in [1.29, 1.82) is 0 Å². The number of hydrogen-bond acceptors (Lipinski definition) is 12. The second kappa shape index (κ2) is 42.2. The molecule has 0 spiro atoms. The topological polar surface area (TPSA) is 245 Å². The number of nitrogens with one attached hydrogen (secondary N) is 4. The fourth-order valence-electron chi connectivity index (χ4n) is 9.44. The average molecular weight is 1080 g/mol. The van der Waals surface area contributed by atoms with Crippen LogP contribution in [0.4, 0.5) is 4.79 Å². The van der Waals surface area contributed by atoms with Gasteiger partial charge in [-0.15, -0.1) is 11.8 Å². The number of rotatable bonds is 50. The Hall–Kier alpha value is -2.92. The van der Waals surface area contributed by atoms with E-state index in [4.69, 9.17) is 23.6 Å². The number of carboxylic acids is 1. The number of amides is 4. The predicted octanol–water partition coefficient (Wildman–Crippen LogP) is 11.5. The van der Waals surface area contributed by atoms with Gasteiger partial charge in [-0.25, -0.2) is 9.36 Å². The molecule has 2 unspecified atom stereocenters. The third kappa shape index (κ3) is 33.0. The average Bonchev–Trinajstić information content (AvgIpc) is 3.91. The number of esters is 2. The highest BCUT2D eigenvalue weighted by Crippen LogP contribution is 2.45. The SMILES string of the molecule is CCCCCCCCCCCCCCCC(=O)OCC(COP(=O)(O)OCCNC(=O)CCCCCNC(=O)[C@@]1(CCCCC(=O)O)SC[C@@H]2NC(=O)N[C@@H]21)OC(=O)CCCCCCCCCCCCCCC. The van der Waals surface area contributed by atoms with Crippen molar-refractivity contribution in [2.45, 2.75) is 268 Å². The molecule has 17 nitrogen and oxygen atoms in total. The third-order valence-corrected chi connectivity index (χ3v) is 16.4. The summed E-state index contributed by atoms with van der Waals surface area (Å²) in [4.78, 5) is 85.0. The maximum absolute atomic E-state index is 13.5. The normalized spacial score (nSPS) is 18.3. The number of phosphoric ester groups is 1. The molecule has 0 aromatic carbocycles. The molecule has 424 valence electrons. The Morgan fingerprint density at radius 3 is 1.66 bits per heavy atom. The lowest BCUT2D eigenvalue weighted by molar-refractivity contribution is -0.161. The number of unbranched alkanes of at least 4 members (excludes halogenated alkanes) is 27. The Labute approximate surface area is 443 Å². The Bertz CT molecular complexity index is 1580. The molecule has 5 atom stereocenters. The van der Waals surface area contributed by atoms with Crippen molar-refractivity contribution in [1.82, 2.24) is 21.3 Å². The number of thioether (sulfide) groups is 1. The molecule has 0 bridgehead atoms. The van der Waals surface area contributed by atoms with Crippen molar-refractivity contribution >= 4 is 55.3 Å². The van der Waals surface area contributed by atoms with E-state index in [0.717, 1.165) is 38.5 Å². The summed E-state index contributed by atoms with van der Waals surface area (Å²) in [7, 11) is -4.64. The van der Waals surface area contributed by atoms with E-state index in [1.54, 1.807) is 0 Å². The highest BCUT2D eigenvalue weighted by atomic mass is 32.2. The summed E-state index contributed by atoms with van der Waals surface area (Å²) in [6.45, 7) is 3.61. The van der Waals surface area contributed by atoms with Gasteiger partial charge in [0, 0.05) is 44.5 Å². The van der Waals surface area contributed by atoms with Gasteiger partial charge in [0.2, 0.25) is 11.8 Å². The fraction of sp³-hybridized carbons (Fsp3) is 0.889. The number of aliphatic carboxylic acids is 1. The summed E-state index contributed by atoms with van der Waals surface area (Å²) in [5.41, 5.74) is 0. The second-order valence-electron chi connectivity index (χ2n) is 20.3. The van der Waals surface area contributed by atoms with Crippen LogP contribution >= 0.6 is 19.6 Å². The zero-order valence-electron chi connectivity index (χ0n) is 45.2. The van der Waals surface area contributed by atoms with E-state index in [0.29, 0.717) is 63.7 Å². The van der Waals surface area contributed by atoms with Crippen molar-refractivity contribution in [3.63, 3.8) is 0 Å². The molecule has 2 aliphatic rings. The molecule has 0 aromatic rings. The maximum atomic E-state index is 13.5. The lowest BCUT2D eigenvalue weighted by Crippen LogP contribution is -2.56. The number of carbonyl (C=O) groups is 6. The van der Waals surface area contributed by atoms with Gasteiger partial charge in [-0.3, -0.25) is 33.0 Å². The van der Waals surface area contributed by atoms with Crippen molar-refractivity contribution in [3.8, 4) is 0 Å². The Morgan fingerprint density at radius 1 is 0.616 bits per heavy atom. The van der Waals surface area contributed by atoms with Crippen LogP contribution in [0, 0.1) is 0 Å². The van der Waals surface area contributed by atoms with Gasteiger partial charge in [0.1, 0.15) is 11.4 Å². The summed E-state index contributed by atoms with van der Waals surface area (Å²) in [6.07, 6.45) is 33.4. The second-order valence-corrected chi connectivity index (χ2v) is 23.1. The maximum Gasteiger partial charge on any atom is 0.472 e. The van der Waals surface area contributed by atoms with E-state index in [1.807, 2.05) is 0 Å². The van der Waals surface area contributed by atoms with E-state index in [1.165, 1.54) is 127 Å². The Balaban J connectivity index is 1.69. The third-order valence-electron chi connectivity index (χ3n) is 13.8. The smallest absolute Gasteiger partial charge is 0.472 e. The Morgan fingerprint density at radius 2 is 1.11 bits per heavy atom. The molecule has 2 fully saturated rings. The first-order valence-corrected chi connectivity index (χ1v) is 31.2. The number of carboxylic acid groups (broad SMARTS) is 1. The minimum Gasteiger partial charge on any atom is -0.481 e. The van der Waals surface area contributed by atoms with Crippen LogP contribution in [0.3, 0.4) is 0 Å². The Kier molecular flexibility index (Phi) is 38.3. The van der Waals surface area contributed by atoms with E-state index in [-0.39, 0.29) is 75.4 Å². The number of hydrogen-bond donors (Lipinski definition) is 6. The van der Waals surface area contributed by atoms with Crippen LogP contribution in [0.1, 0.15) is 245 Å². The highest BCUT2D eigenvalue weighted by molar-refractivity contribution is 8.01. The fourth-order valence-corrected chi connectivity index (χ4v) is 11.8. The zero-order valence-corrected chi connectivity index (χ0v) is 46.9. The summed E-state index contributed by atoms with van der Waals surface area (Å²) in [6, 6.07) is -0.883. The molecule has 6 N–H and O–H groups in total. The van der Waals surface area contributed by atoms with Crippen LogP contribution in [0.25, 0.3) is 0 Å². The summed E-state index contributed by atoms with van der Waals surface area (Å²) in [5, 5.41) is 20.4. The summed E-state index contributed by atoms with van der Waals surface area (Å²) in [5.74, 6) is -1.72. The molecule has 0 aromatic heterocycles. The number of urea groups is 1. The van der Waals surface area contributed by atoms with Gasteiger partial charge in [-0.2, -0.15) is 0 Å². The van der Waals surface area contributed by atoms with Crippen LogP contribution in [0.5, 0.6) is 0 Å². The van der Waals surface area contributed by atoms with E-state index >= 15 is 0 Å². The monoisotopic (exact) mass is 1070 g/mol. The minimum absolute atomic E-state index is 0.0128. The standard InChI is InChI=1S/C54H99N4O13PS/c1-3-5-7-9-11-13-15-17-19-21-23-25-29-36-49(62)68-42-45(71-50(63)37-30-26-24-22-20-18-16-14-12-10-8-6-4-2)43-70-72(66,67)69-41-40-55-47(59)34-28-27-33-39-56-52(64)54(38-32-31-35-48(60)61)51-46(44-73-54)57-53(65)58-51/h45-46,51H,3-44H2,1-2H3,(H,55,59)(H,56,64)(H,60,61)(H,66,67)(H2,57,58,65)/t45?,46-,51-,54-/m0/s1. The molecular weight excluding hydrogens is 976 g/mol. The number of fused-ring (bicyclic) bond motifs is 1. The van der Waals surface area contributed by atoms with E-state index in [9.17, 15) is 38.2 Å². The number of ether oxygens (including phenoxy) is 2. The van der Waals surface area contributed by atoms with Gasteiger partial charge in [-0.05, 0) is 38.5 Å². The van der Waals surface area contributed by atoms with Crippen LogP contribution in [0.15, 0.2) is 0 Å². The first-order valence-electron chi connectivity index (χ1n) is 28.8. The van der Waals surface area contributed by atoms with Crippen LogP contribution in [0.2, 0.25) is 0 Å². The molecule has 2 aliphatic heterocycles. The first-order chi connectivity index (χ1) is 35.3. The molecule has 19 heteroatoms. The molecule has 2 rings (SSSR count). The summed E-state index contributed by atoms with van der Waals surface area (Å²) < 4.78 is 33.2. The van der Waals surface area contributed by atoms with Gasteiger partial charge < -0.3 is 40.7 Å². The van der Waals surface area contributed by atoms with Gasteiger partial charge in [0.05, 0.1) is 25.3 Å². The molecule has 0 saturated carbocycles. The first kappa shape index (κ1) is 66.2. The molecule has 4 amide bonds.